The standard InChI is InChI=1S/C19H27N3O2/c1-24-18-14-17(8-9-20-18)19(23)22-11-5-10-21(12-13-22)15-16-6-3-2-4-7-16/h2-3,8-9,14,16H,4-7,10-13,15H2,1H3. The van der Waals surface area contributed by atoms with Gasteiger partial charge in [-0.1, -0.05) is 12.2 Å². The average Bonchev–Trinajstić information content (AvgIpc) is 2.87. The second-order valence-electron chi connectivity index (χ2n) is 6.68. The lowest BCUT2D eigenvalue weighted by Crippen LogP contribution is -2.36. The van der Waals surface area contributed by atoms with Crippen molar-refractivity contribution in [3.05, 3.63) is 36.0 Å². The van der Waals surface area contributed by atoms with Gasteiger partial charge in [-0.2, -0.15) is 0 Å². The molecular weight excluding hydrogens is 302 g/mol. The molecule has 1 fully saturated rings. The fourth-order valence-corrected chi connectivity index (χ4v) is 3.58. The SMILES string of the molecule is COc1cc(C(=O)N2CCCN(CC3CC=CCC3)CC2)ccn1. The van der Waals surface area contributed by atoms with Gasteiger partial charge in [0.25, 0.3) is 5.91 Å². The van der Waals surface area contributed by atoms with Gasteiger partial charge in [-0.05, 0) is 44.2 Å². The highest BCUT2D eigenvalue weighted by Crippen LogP contribution is 2.20. The predicted octanol–water partition coefficient (Wildman–Crippen LogP) is 2.59. The normalized spacial score (nSPS) is 22.2. The monoisotopic (exact) mass is 329 g/mol. The summed E-state index contributed by atoms with van der Waals surface area (Å²) in [6.07, 6.45) is 11.0. The van der Waals surface area contributed by atoms with Crippen molar-refractivity contribution in [2.24, 2.45) is 5.92 Å². The predicted molar refractivity (Wildman–Crippen MR) is 94.2 cm³/mol. The third-order valence-electron chi connectivity index (χ3n) is 4.96. The molecule has 1 aliphatic heterocycles. The number of methoxy groups -OCH3 is 1. The van der Waals surface area contributed by atoms with E-state index in [0.29, 0.717) is 11.4 Å². The molecule has 0 bridgehead atoms. The Morgan fingerprint density at radius 1 is 1.29 bits per heavy atom. The topological polar surface area (TPSA) is 45.7 Å². The fourth-order valence-electron chi connectivity index (χ4n) is 3.58. The number of rotatable bonds is 4. The molecule has 5 heteroatoms. The number of allylic oxidation sites excluding steroid dienone is 2. The average molecular weight is 329 g/mol. The minimum absolute atomic E-state index is 0.0816. The smallest absolute Gasteiger partial charge is 0.254 e. The lowest BCUT2D eigenvalue weighted by Gasteiger charge is -2.27. The van der Waals surface area contributed by atoms with E-state index in [1.54, 1.807) is 25.4 Å². The molecule has 130 valence electrons. The zero-order valence-electron chi connectivity index (χ0n) is 14.5. The van der Waals surface area contributed by atoms with Crippen LogP contribution in [0.3, 0.4) is 0 Å². The largest absolute Gasteiger partial charge is 0.481 e. The number of nitrogens with zero attached hydrogens (tertiary/aromatic N) is 3. The fraction of sp³-hybridized carbons (Fsp3) is 0.579. The van der Waals surface area contributed by atoms with Crippen molar-refractivity contribution in [3.8, 4) is 5.88 Å². The Balaban J connectivity index is 1.56. The Kier molecular flexibility index (Phi) is 5.86. The molecule has 24 heavy (non-hydrogen) atoms. The molecule has 1 saturated heterocycles. The first-order valence-corrected chi connectivity index (χ1v) is 8.93. The van der Waals surface area contributed by atoms with Crippen LogP contribution in [-0.4, -0.2) is 60.5 Å². The van der Waals surface area contributed by atoms with Crippen LogP contribution >= 0.6 is 0 Å². The maximum atomic E-state index is 12.7. The van der Waals surface area contributed by atoms with E-state index in [1.165, 1.54) is 19.3 Å². The molecule has 1 aliphatic carbocycles. The van der Waals surface area contributed by atoms with E-state index in [1.807, 2.05) is 4.90 Å². The number of pyridine rings is 1. The van der Waals surface area contributed by atoms with E-state index in [-0.39, 0.29) is 5.91 Å². The van der Waals surface area contributed by atoms with Crippen LogP contribution in [0.15, 0.2) is 30.5 Å². The van der Waals surface area contributed by atoms with Crippen molar-refractivity contribution in [2.45, 2.75) is 25.7 Å². The third kappa shape index (κ3) is 4.35. The molecule has 1 aromatic rings. The van der Waals surface area contributed by atoms with E-state index < -0.39 is 0 Å². The number of amides is 1. The quantitative estimate of drug-likeness (QED) is 0.797. The number of hydrogen-bond donors (Lipinski definition) is 0. The highest BCUT2D eigenvalue weighted by molar-refractivity contribution is 5.94. The number of ether oxygens (including phenoxy) is 1. The lowest BCUT2D eigenvalue weighted by molar-refractivity contribution is 0.0760. The van der Waals surface area contributed by atoms with Gasteiger partial charge in [0.15, 0.2) is 0 Å². The van der Waals surface area contributed by atoms with Crippen LogP contribution in [-0.2, 0) is 0 Å². The van der Waals surface area contributed by atoms with Crippen molar-refractivity contribution in [2.75, 3.05) is 39.8 Å². The van der Waals surface area contributed by atoms with Gasteiger partial charge in [-0.3, -0.25) is 4.79 Å². The molecular formula is C19H27N3O2. The molecule has 1 aromatic heterocycles. The summed E-state index contributed by atoms with van der Waals surface area (Å²) in [4.78, 5) is 21.3. The summed E-state index contributed by atoms with van der Waals surface area (Å²) in [5.41, 5.74) is 0.660. The molecule has 0 aromatic carbocycles. The highest BCUT2D eigenvalue weighted by atomic mass is 16.5. The lowest BCUT2D eigenvalue weighted by atomic mass is 9.94. The van der Waals surface area contributed by atoms with Gasteiger partial charge in [0.2, 0.25) is 5.88 Å². The van der Waals surface area contributed by atoms with Gasteiger partial charge in [-0.25, -0.2) is 4.98 Å². The van der Waals surface area contributed by atoms with Gasteiger partial charge >= 0.3 is 0 Å². The summed E-state index contributed by atoms with van der Waals surface area (Å²) in [5, 5.41) is 0. The van der Waals surface area contributed by atoms with Crippen LogP contribution < -0.4 is 4.74 Å². The van der Waals surface area contributed by atoms with Gasteiger partial charge in [-0.15, -0.1) is 0 Å². The number of aromatic nitrogens is 1. The van der Waals surface area contributed by atoms with E-state index in [2.05, 4.69) is 22.0 Å². The van der Waals surface area contributed by atoms with Crippen molar-refractivity contribution >= 4 is 5.91 Å². The second-order valence-corrected chi connectivity index (χ2v) is 6.68. The zero-order chi connectivity index (χ0) is 16.8. The molecule has 1 amide bonds. The summed E-state index contributed by atoms with van der Waals surface area (Å²) in [5.74, 6) is 1.35. The minimum atomic E-state index is 0.0816. The highest BCUT2D eigenvalue weighted by Gasteiger charge is 2.22. The first-order valence-electron chi connectivity index (χ1n) is 8.93. The molecule has 5 nitrogen and oxygen atoms in total. The van der Waals surface area contributed by atoms with Crippen LogP contribution in [0.1, 0.15) is 36.0 Å². The van der Waals surface area contributed by atoms with E-state index in [4.69, 9.17) is 4.74 Å². The molecule has 1 atom stereocenters. The van der Waals surface area contributed by atoms with E-state index >= 15 is 0 Å². The minimum Gasteiger partial charge on any atom is -0.481 e. The number of carbonyl (C=O) groups excluding carboxylic acids is 1. The Morgan fingerprint density at radius 2 is 2.21 bits per heavy atom. The Labute approximate surface area is 144 Å². The van der Waals surface area contributed by atoms with Crippen LogP contribution in [0.25, 0.3) is 0 Å². The molecule has 0 saturated carbocycles. The Hall–Kier alpha value is -1.88. The zero-order valence-corrected chi connectivity index (χ0v) is 14.5. The van der Waals surface area contributed by atoms with Crippen molar-refractivity contribution < 1.29 is 9.53 Å². The second kappa shape index (κ2) is 8.29. The molecule has 2 heterocycles. The molecule has 0 radical (unpaired) electrons. The van der Waals surface area contributed by atoms with Crippen molar-refractivity contribution in [3.63, 3.8) is 0 Å². The molecule has 2 aliphatic rings. The van der Waals surface area contributed by atoms with Crippen LogP contribution in [0.2, 0.25) is 0 Å². The van der Waals surface area contributed by atoms with E-state index in [9.17, 15) is 4.79 Å². The van der Waals surface area contributed by atoms with Crippen LogP contribution in [0.4, 0.5) is 0 Å². The summed E-state index contributed by atoms with van der Waals surface area (Å²) >= 11 is 0. The van der Waals surface area contributed by atoms with Gasteiger partial charge in [0.1, 0.15) is 0 Å². The maximum Gasteiger partial charge on any atom is 0.254 e. The summed E-state index contributed by atoms with van der Waals surface area (Å²) in [6.45, 7) is 4.84. The van der Waals surface area contributed by atoms with Gasteiger partial charge in [0, 0.05) is 44.0 Å². The first kappa shape index (κ1) is 17.0. The summed E-state index contributed by atoms with van der Waals surface area (Å²) in [7, 11) is 1.57. The van der Waals surface area contributed by atoms with Crippen LogP contribution in [0.5, 0.6) is 5.88 Å². The van der Waals surface area contributed by atoms with Gasteiger partial charge < -0.3 is 14.5 Å². The summed E-state index contributed by atoms with van der Waals surface area (Å²) in [6, 6.07) is 3.49. The number of hydrogen-bond acceptors (Lipinski definition) is 4. The summed E-state index contributed by atoms with van der Waals surface area (Å²) < 4.78 is 5.12. The Bertz CT molecular complexity index is 588. The van der Waals surface area contributed by atoms with Crippen molar-refractivity contribution in [1.29, 1.82) is 0 Å². The first-order chi connectivity index (χ1) is 11.8. The van der Waals surface area contributed by atoms with Gasteiger partial charge in [0.05, 0.1) is 7.11 Å². The number of carbonyl (C=O) groups is 1. The Morgan fingerprint density at radius 3 is 3.00 bits per heavy atom. The molecule has 0 spiro atoms. The van der Waals surface area contributed by atoms with Crippen LogP contribution in [0, 0.1) is 5.92 Å². The molecule has 0 N–H and O–H groups in total. The van der Waals surface area contributed by atoms with E-state index in [0.717, 1.165) is 45.1 Å². The molecule has 1 unspecified atom stereocenters. The maximum absolute atomic E-state index is 12.7. The molecule has 3 rings (SSSR count). The van der Waals surface area contributed by atoms with Crippen molar-refractivity contribution in [1.82, 2.24) is 14.8 Å². The third-order valence-corrected chi connectivity index (χ3v) is 4.96.